The number of aromatic hydroxyl groups is 1. The van der Waals surface area contributed by atoms with E-state index in [0.29, 0.717) is 17.8 Å². The zero-order valence-electron chi connectivity index (χ0n) is 13.0. The number of likely N-dealkylation sites (N-methyl/N-ethyl adjacent to an activating group) is 1. The van der Waals surface area contributed by atoms with Crippen LogP contribution in [-0.2, 0) is 4.79 Å². The van der Waals surface area contributed by atoms with Crippen molar-refractivity contribution in [3.63, 3.8) is 0 Å². The van der Waals surface area contributed by atoms with E-state index in [0.717, 1.165) is 5.56 Å². The molecule has 2 aliphatic rings. The first-order valence-electron chi connectivity index (χ1n) is 7.42. The number of carbonyl (C=O) groups is 2. The molecule has 0 spiro atoms. The normalized spacial score (nSPS) is 22.3. The van der Waals surface area contributed by atoms with Gasteiger partial charge in [-0.1, -0.05) is 12.1 Å². The van der Waals surface area contributed by atoms with E-state index in [1.165, 1.54) is 17.0 Å². The lowest BCUT2D eigenvalue weighted by Crippen LogP contribution is -2.45. The summed E-state index contributed by atoms with van der Waals surface area (Å²) in [7, 11) is 1.62. The fraction of sp³-hybridized carbons (Fsp3) is 0.375. The summed E-state index contributed by atoms with van der Waals surface area (Å²) < 4.78 is 0. The van der Waals surface area contributed by atoms with Crippen LogP contribution in [0.25, 0.3) is 0 Å². The molecule has 2 aliphatic heterocycles. The Morgan fingerprint density at radius 3 is 2.57 bits per heavy atom. The minimum atomic E-state index is -0.638. The van der Waals surface area contributed by atoms with Gasteiger partial charge in [0, 0.05) is 13.6 Å². The third-order valence-corrected chi connectivity index (χ3v) is 4.15. The van der Waals surface area contributed by atoms with Crippen molar-refractivity contribution in [1.82, 2.24) is 15.1 Å². The van der Waals surface area contributed by atoms with Gasteiger partial charge >= 0.3 is 6.03 Å². The van der Waals surface area contributed by atoms with Gasteiger partial charge in [-0.25, -0.2) is 4.79 Å². The number of hydrogen-bond donors (Lipinski definition) is 3. The molecule has 7 nitrogen and oxygen atoms in total. The number of urea groups is 1. The van der Waals surface area contributed by atoms with Gasteiger partial charge in [-0.05, 0) is 24.6 Å². The molecule has 0 bridgehead atoms. The second-order valence-electron chi connectivity index (χ2n) is 5.93. The minimum absolute atomic E-state index is 0.121. The van der Waals surface area contributed by atoms with Crippen molar-refractivity contribution in [1.29, 1.82) is 0 Å². The van der Waals surface area contributed by atoms with Crippen molar-refractivity contribution in [3.8, 4) is 5.75 Å². The van der Waals surface area contributed by atoms with E-state index in [2.05, 4.69) is 5.32 Å². The highest BCUT2D eigenvalue weighted by molar-refractivity contribution is 6.01. The van der Waals surface area contributed by atoms with Crippen LogP contribution in [0.4, 0.5) is 4.79 Å². The van der Waals surface area contributed by atoms with Crippen molar-refractivity contribution < 1.29 is 19.8 Å². The Morgan fingerprint density at radius 2 is 1.96 bits per heavy atom. The maximum atomic E-state index is 12.7. The summed E-state index contributed by atoms with van der Waals surface area (Å²) in [4.78, 5) is 27.9. The molecule has 3 N–H and O–H groups in total. The molecule has 0 aliphatic carbocycles. The summed E-state index contributed by atoms with van der Waals surface area (Å²) in [5, 5.41) is 21.8. The number of nitrogens with one attached hydrogen (secondary N) is 1. The van der Waals surface area contributed by atoms with Crippen molar-refractivity contribution >= 4 is 11.9 Å². The van der Waals surface area contributed by atoms with Crippen LogP contribution in [0.5, 0.6) is 5.75 Å². The third-order valence-electron chi connectivity index (χ3n) is 4.15. The van der Waals surface area contributed by atoms with E-state index < -0.39 is 12.1 Å². The van der Waals surface area contributed by atoms with Gasteiger partial charge in [-0.2, -0.15) is 0 Å². The number of aliphatic hydroxyl groups excluding tert-OH is 1. The summed E-state index contributed by atoms with van der Waals surface area (Å²) >= 11 is 0. The topological polar surface area (TPSA) is 93.1 Å². The van der Waals surface area contributed by atoms with Gasteiger partial charge in [0.15, 0.2) is 0 Å². The van der Waals surface area contributed by atoms with Crippen LogP contribution in [-0.4, -0.2) is 58.2 Å². The largest absolute Gasteiger partial charge is 0.508 e. The van der Waals surface area contributed by atoms with E-state index >= 15 is 0 Å². The molecule has 122 valence electrons. The number of phenolic OH excluding ortho intramolecular Hbond substituents is 1. The Labute approximate surface area is 133 Å². The first kappa shape index (κ1) is 15.4. The van der Waals surface area contributed by atoms with Gasteiger partial charge in [0.25, 0.3) is 5.91 Å². The zero-order valence-corrected chi connectivity index (χ0v) is 13.0. The smallest absolute Gasteiger partial charge is 0.322 e. The highest BCUT2D eigenvalue weighted by Gasteiger charge is 2.42. The summed E-state index contributed by atoms with van der Waals surface area (Å²) in [5.41, 5.74) is 1.89. The van der Waals surface area contributed by atoms with Gasteiger partial charge in [0.1, 0.15) is 5.75 Å². The maximum Gasteiger partial charge on any atom is 0.322 e. The summed E-state index contributed by atoms with van der Waals surface area (Å²) in [6, 6.07) is 5.57. The molecule has 0 saturated carbocycles. The molecule has 23 heavy (non-hydrogen) atoms. The van der Waals surface area contributed by atoms with Gasteiger partial charge in [-0.3, -0.25) is 9.69 Å². The molecule has 3 amide bonds. The van der Waals surface area contributed by atoms with Crippen molar-refractivity contribution in [3.05, 3.63) is 41.1 Å². The van der Waals surface area contributed by atoms with Gasteiger partial charge < -0.3 is 20.4 Å². The predicted molar refractivity (Wildman–Crippen MR) is 82.4 cm³/mol. The number of rotatable bonds is 3. The monoisotopic (exact) mass is 317 g/mol. The first-order valence-corrected chi connectivity index (χ1v) is 7.42. The van der Waals surface area contributed by atoms with Crippen LogP contribution in [0.1, 0.15) is 18.5 Å². The number of benzene rings is 1. The van der Waals surface area contributed by atoms with E-state index in [9.17, 15) is 19.8 Å². The molecular weight excluding hydrogens is 298 g/mol. The number of β-amino-alcohol motifs (C(OH)–C–C–N with tert-alkyl or cyclic N) is 1. The van der Waals surface area contributed by atoms with Gasteiger partial charge in [0.2, 0.25) is 0 Å². The van der Waals surface area contributed by atoms with Crippen LogP contribution in [0.15, 0.2) is 35.5 Å². The minimum Gasteiger partial charge on any atom is -0.508 e. The Hall–Kier alpha value is -2.54. The maximum absolute atomic E-state index is 12.7. The molecule has 0 saturated heterocycles. The lowest BCUT2D eigenvalue weighted by Gasteiger charge is -2.31. The second kappa shape index (κ2) is 5.58. The molecule has 0 fully saturated rings. The number of nitrogens with zero attached hydrogens (tertiary/aromatic N) is 2. The number of carbonyl (C=O) groups excluding carboxylic acids is 2. The fourth-order valence-corrected chi connectivity index (χ4v) is 3.01. The van der Waals surface area contributed by atoms with Crippen LogP contribution < -0.4 is 5.32 Å². The van der Waals surface area contributed by atoms with Crippen molar-refractivity contribution in [2.24, 2.45) is 0 Å². The second-order valence-corrected chi connectivity index (χ2v) is 5.93. The quantitative estimate of drug-likeness (QED) is 0.759. The molecule has 0 aromatic heterocycles. The molecule has 1 aromatic carbocycles. The van der Waals surface area contributed by atoms with Crippen LogP contribution >= 0.6 is 0 Å². The van der Waals surface area contributed by atoms with Crippen LogP contribution in [0.3, 0.4) is 0 Å². The molecule has 2 heterocycles. The molecule has 3 rings (SSSR count). The van der Waals surface area contributed by atoms with Crippen LogP contribution in [0, 0.1) is 0 Å². The number of phenols is 1. The fourth-order valence-electron chi connectivity index (χ4n) is 3.01. The van der Waals surface area contributed by atoms with E-state index in [4.69, 9.17) is 0 Å². The van der Waals surface area contributed by atoms with Crippen molar-refractivity contribution in [2.45, 2.75) is 19.1 Å². The molecular formula is C16H19N3O4. The Balaban J connectivity index is 1.99. The zero-order chi connectivity index (χ0) is 16.7. The third kappa shape index (κ3) is 2.63. The molecule has 1 aromatic rings. The predicted octanol–water partition coefficient (Wildman–Crippen LogP) is 0.565. The standard InChI is InChI=1S/C16H19N3O4/c1-9(20)7-19-8-12-13(15(19)22)14(17-16(23)18(12)2)10-3-5-11(21)6-4-10/h3-6,9,14,20-21H,7-8H2,1-2H3,(H,17,23)/t9-,14-/m1/s1. The highest BCUT2D eigenvalue weighted by Crippen LogP contribution is 2.35. The number of hydrogen-bond acceptors (Lipinski definition) is 4. The molecule has 2 atom stereocenters. The SMILES string of the molecule is C[C@@H](O)CN1CC2=C(C1=O)[C@@H](c1ccc(O)cc1)NC(=O)N2C. The average molecular weight is 317 g/mol. The van der Waals surface area contributed by atoms with Crippen LogP contribution in [0.2, 0.25) is 0 Å². The highest BCUT2D eigenvalue weighted by atomic mass is 16.3. The Kier molecular flexibility index (Phi) is 3.73. The molecule has 0 unspecified atom stereocenters. The average Bonchev–Trinajstić information content (AvgIpc) is 2.81. The summed E-state index contributed by atoms with van der Waals surface area (Å²) in [6.45, 7) is 2.14. The van der Waals surface area contributed by atoms with Gasteiger partial charge in [0.05, 0.1) is 30.0 Å². The van der Waals surface area contributed by atoms with Gasteiger partial charge in [-0.15, -0.1) is 0 Å². The first-order chi connectivity index (χ1) is 10.9. The lowest BCUT2D eigenvalue weighted by atomic mass is 9.95. The summed E-state index contributed by atoms with van der Waals surface area (Å²) in [5.74, 6) is -0.0680. The van der Waals surface area contributed by atoms with E-state index in [-0.39, 0.29) is 24.2 Å². The number of amides is 3. The lowest BCUT2D eigenvalue weighted by molar-refractivity contribution is -0.126. The Bertz CT molecular complexity index is 681. The van der Waals surface area contributed by atoms with E-state index in [1.54, 1.807) is 31.0 Å². The summed E-state index contributed by atoms with van der Waals surface area (Å²) in [6.07, 6.45) is -0.638. The Morgan fingerprint density at radius 1 is 1.30 bits per heavy atom. The molecule has 7 heteroatoms. The number of aliphatic hydroxyl groups is 1. The van der Waals surface area contributed by atoms with E-state index in [1.807, 2.05) is 0 Å². The molecule has 0 radical (unpaired) electrons. The van der Waals surface area contributed by atoms with Crippen molar-refractivity contribution in [2.75, 3.05) is 20.1 Å².